The molecule has 1 saturated heterocycles. The molecular weight excluding hydrogens is 294 g/mol. The van der Waals surface area contributed by atoms with Crippen LogP contribution in [0.2, 0.25) is 0 Å². The molecule has 0 amide bonds. The summed E-state index contributed by atoms with van der Waals surface area (Å²) in [6.45, 7) is 7.21. The van der Waals surface area contributed by atoms with E-state index in [1.807, 2.05) is 37.3 Å². The van der Waals surface area contributed by atoms with Gasteiger partial charge in [-0.2, -0.15) is 0 Å². The van der Waals surface area contributed by atoms with E-state index in [1.54, 1.807) is 0 Å². The van der Waals surface area contributed by atoms with Gasteiger partial charge in [0, 0.05) is 6.42 Å². The monoisotopic (exact) mass is 322 g/mol. The number of carbonyl (C=O) groups excluding carboxylic acids is 1. The fourth-order valence-corrected chi connectivity index (χ4v) is 2.65. The molecule has 1 heterocycles. The average Bonchev–Trinajstić information content (AvgIpc) is 2.57. The van der Waals surface area contributed by atoms with Crippen LogP contribution in [-0.4, -0.2) is 51.5 Å². The first-order chi connectivity index (χ1) is 11.3. The number of morpholine rings is 1. The van der Waals surface area contributed by atoms with Crippen LogP contribution in [0.5, 0.6) is 0 Å². The van der Waals surface area contributed by atoms with Crippen LogP contribution in [0.15, 0.2) is 30.3 Å². The van der Waals surface area contributed by atoms with E-state index in [-0.39, 0.29) is 12.1 Å². The normalized spacial score (nSPS) is 16.9. The van der Waals surface area contributed by atoms with Gasteiger partial charge in [0.15, 0.2) is 6.10 Å². The maximum atomic E-state index is 11.8. The van der Waals surface area contributed by atoms with Crippen molar-refractivity contribution in [3.05, 3.63) is 35.9 Å². The summed E-state index contributed by atoms with van der Waals surface area (Å²) in [7, 11) is 0. The second kappa shape index (κ2) is 10.4. The molecule has 2 rings (SSSR count). The molecule has 0 bridgehead atoms. The van der Waals surface area contributed by atoms with Crippen LogP contribution in [0.4, 0.5) is 0 Å². The van der Waals surface area contributed by atoms with E-state index in [0.717, 1.165) is 44.8 Å². The first-order valence-electron chi connectivity index (χ1n) is 8.50. The van der Waals surface area contributed by atoms with Crippen LogP contribution in [0.25, 0.3) is 0 Å². The number of hydrogen-bond donors (Lipinski definition) is 1. The summed E-state index contributed by atoms with van der Waals surface area (Å²) in [5, 5.41) is 0. The molecule has 5 heteroatoms. The van der Waals surface area contributed by atoms with Crippen molar-refractivity contribution in [2.75, 3.05) is 39.5 Å². The van der Waals surface area contributed by atoms with Crippen molar-refractivity contribution in [1.29, 1.82) is 0 Å². The highest BCUT2D eigenvalue weighted by Crippen LogP contribution is 2.03. The maximum absolute atomic E-state index is 11.8. The largest absolute Gasteiger partial charge is 0.454 e. The molecule has 128 valence electrons. The number of hydrogen-bond acceptors (Lipinski definition) is 4. The molecular formula is C18H28NO4+. The molecule has 5 nitrogen and oxygen atoms in total. The molecule has 23 heavy (non-hydrogen) atoms. The Kier molecular flexibility index (Phi) is 8.07. The summed E-state index contributed by atoms with van der Waals surface area (Å²) in [5.41, 5.74) is 1.13. The Bertz CT molecular complexity index is 446. The highest BCUT2D eigenvalue weighted by molar-refractivity contribution is 5.69. The van der Waals surface area contributed by atoms with Crippen molar-refractivity contribution in [2.24, 2.45) is 0 Å². The van der Waals surface area contributed by atoms with Gasteiger partial charge in [0.1, 0.15) is 19.6 Å². The Labute approximate surface area is 138 Å². The van der Waals surface area contributed by atoms with Crippen molar-refractivity contribution in [3.8, 4) is 0 Å². The maximum Gasteiger partial charge on any atom is 0.306 e. The van der Waals surface area contributed by atoms with Gasteiger partial charge in [-0.05, 0) is 12.0 Å². The van der Waals surface area contributed by atoms with Gasteiger partial charge >= 0.3 is 5.97 Å². The zero-order chi connectivity index (χ0) is 16.3. The SMILES string of the molecule is CCCC(=O)O[C@H](COCc1ccccc1)C[NH+]1CCOCC1. The lowest BCUT2D eigenvalue weighted by molar-refractivity contribution is -0.910. The standard InChI is InChI=1S/C18H27NO4/c1-2-6-18(20)23-17(13-19-9-11-21-12-10-19)15-22-14-16-7-4-3-5-8-16/h3-5,7-8,17H,2,6,9-15H2,1H3/p+1/t17-/m0/s1. The van der Waals surface area contributed by atoms with E-state index in [2.05, 4.69) is 0 Å². The summed E-state index contributed by atoms with van der Waals surface area (Å²) in [5.74, 6) is -0.131. The molecule has 0 aromatic heterocycles. The van der Waals surface area contributed by atoms with E-state index in [1.165, 1.54) is 4.90 Å². The van der Waals surface area contributed by atoms with Crippen LogP contribution in [0, 0.1) is 0 Å². The van der Waals surface area contributed by atoms with Crippen LogP contribution >= 0.6 is 0 Å². The number of carbonyl (C=O) groups is 1. The molecule has 0 radical (unpaired) electrons. The van der Waals surface area contributed by atoms with Gasteiger partial charge in [-0.15, -0.1) is 0 Å². The molecule has 1 N–H and O–H groups in total. The summed E-state index contributed by atoms with van der Waals surface area (Å²) in [4.78, 5) is 13.2. The minimum absolute atomic E-state index is 0.131. The van der Waals surface area contributed by atoms with Crippen molar-refractivity contribution in [2.45, 2.75) is 32.5 Å². The third kappa shape index (κ3) is 7.12. The molecule has 0 unspecified atom stereocenters. The first kappa shape index (κ1) is 17.9. The quantitative estimate of drug-likeness (QED) is 0.684. The predicted octanol–water partition coefficient (Wildman–Crippen LogP) is 0.830. The van der Waals surface area contributed by atoms with Gasteiger partial charge in [0.2, 0.25) is 0 Å². The van der Waals surface area contributed by atoms with E-state index >= 15 is 0 Å². The van der Waals surface area contributed by atoms with E-state index in [0.29, 0.717) is 19.6 Å². The minimum Gasteiger partial charge on any atom is -0.454 e. The number of ether oxygens (including phenoxy) is 3. The Hall–Kier alpha value is -1.43. The molecule has 1 aromatic carbocycles. The van der Waals surface area contributed by atoms with E-state index in [4.69, 9.17) is 14.2 Å². The second-order valence-electron chi connectivity index (χ2n) is 5.93. The number of rotatable bonds is 9. The molecule has 1 aliphatic heterocycles. The Morgan fingerprint density at radius 2 is 2.00 bits per heavy atom. The van der Waals surface area contributed by atoms with Crippen LogP contribution in [0.1, 0.15) is 25.3 Å². The number of esters is 1. The third-order valence-corrected chi connectivity index (χ3v) is 3.88. The highest BCUT2D eigenvalue weighted by atomic mass is 16.6. The molecule has 1 aliphatic rings. The molecule has 0 aliphatic carbocycles. The lowest BCUT2D eigenvalue weighted by Crippen LogP contribution is -3.15. The zero-order valence-electron chi connectivity index (χ0n) is 14.0. The van der Waals surface area contributed by atoms with Gasteiger partial charge in [-0.1, -0.05) is 37.3 Å². The lowest BCUT2D eigenvalue weighted by atomic mass is 10.2. The minimum atomic E-state index is -0.189. The van der Waals surface area contributed by atoms with Crippen LogP contribution < -0.4 is 4.90 Å². The summed E-state index contributed by atoms with van der Waals surface area (Å²) < 4.78 is 16.8. The van der Waals surface area contributed by atoms with E-state index in [9.17, 15) is 4.79 Å². The number of nitrogens with one attached hydrogen (secondary N) is 1. The fraction of sp³-hybridized carbons (Fsp3) is 0.611. The average molecular weight is 322 g/mol. The van der Waals surface area contributed by atoms with Gasteiger partial charge in [0.05, 0.1) is 26.4 Å². The van der Waals surface area contributed by atoms with Gasteiger partial charge in [0.25, 0.3) is 0 Å². The zero-order valence-corrected chi connectivity index (χ0v) is 14.0. The second-order valence-corrected chi connectivity index (χ2v) is 5.93. The number of quaternary nitrogens is 1. The molecule has 1 fully saturated rings. The Morgan fingerprint density at radius 1 is 1.26 bits per heavy atom. The topological polar surface area (TPSA) is 49.2 Å². The van der Waals surface area contributed by atoms with Crippen molar-refractivity contribution in [1.82, 2.24) is 0 Å². The van der Waals surface area contributed by atoms with Crippen molar-refractivity contribution >= 4 is 5.97 Å². The molecule has 0 saturated carbocycles. The Morgan fingerprint density at radius 3 is 2.70 bits per heavy atom. The third-order valence-electron chi connectivity index (χ3n) is 3.88. The first-order valence-corrected chi connectivity index (χ1v) is 8.50. The smallest absolute Gasteiger partial charge is 0.306 e. The molecule has 1 aromatic rings. The molecule has 1 atom stereocenters. The van der Waals surface area contributed by atoms with Crippen molar-refractivity contribution in [3.63, 3.8) is 0 Å². The lowest BCUT2D eigenvalue weighted by Gasteiger charge is -2.27. The van der Waals surface area contributed by atoms with Crippen LogP contribution in [0.3, 0.4) is 0 Å². The highest BCUT2D eigenvalue weighted by Gasteiger charge is 2.23. The van der Waals surface area contributed by atoms with Crippen molar-refractivity contribution < 1.29 is 23.9 Å². The van der Waals surface area contributed by atoms with Gasteiger partial charge in [-0.3, -0.25) is 4.79 Å². The summed E-state index contributed by atoms with van der Waals surface area (Å²) in [6.07, 6.45) is 1.08. The predicted molar refractivity (Wildman–Crippen MR) is 87.3 cm³/mol. The Balaban J connectivity index is 1.80. The molecule has 0 spiro atoms. The summed E-state index contributed by atoms with van der Waals surface area (Å²) in [6, 6.07) is 10.0. The number of benzene rings is 1. The fourth-order valence-electron chi connectivity index (χ4n) is 2.65. The van der Waals surface area contributed by atoms with Crippen LogP contribution in [-0.2, 0) is 25.6 Å². The van der Waals surface area contributed by atoms with Gasteiger partial charge < -0.3 is 19.1 Å². The van der Waals surface area contributed by atoms with E-state index < -0.39 is 0 Å². The van der Waals surface area contributed by atoms with Gasteiger partial charge in [-0.25, -0.2) is 0 Å². The summed E-state index contributed by atoms with van der Waals surface area (Å²) >= 11 is 0.